The largest absolute Gasteiger partial charge is 0.493 e. The number of carbonyl (C=O) groups excluding carboxylic acids is 1. The van der Waals surface area contributed by atoms with E-state index < -0.39 is 11.4 Å². The summed E-state index contributed by atoms with van der Waals surface area (Å²) in [7, 11) is 0. The minimum Gasteiger partial charge on any atom is -0.493 e. The Morgan fingerprint density at radius 2 is 1.95 bits per heavy atom. The number of rotatable bonds is 8. The van der Waals surface area contributed by atoms with E-state index in [1.165, 1.54) is 5.56 Å². The first-order valence-corrected chi connectivity index (χ1v) is 7.42. The zero-order valence-electron chi connectivity index (χ0n) is 13.7. The van der Waals surface area contributed by atoms with Crippen molar-refractivity contribution in [3.05, 3.63) is 29.3 Å². The molecule has 1 aromatic carbocycles. The fourth-order valence-electron chi connectivity index (χ4n) is 1.92. The van der Waals surface area contributed by atoms with Crippen LogP contribution in [0.5, 0.6) is 5.75 Å². The van der Waals surface area contributed by atoms with Gasteiger partial charge in [0, 0.05) is 6.54 Å². The third kappa shape index (κ3) is 5.76. The summed E-state index contributed by atoms with van der Waals surface area (Å²) >= 11 is 0. The SMILES string of the molecule is Cc1ccc(OCCC(=O)NCCC(C)(C)C(=O)O)c(C)c1. The Labute approximate surface area is 131 Å². The molecule has 0 spiro atoms. The monoisotopic (exact) mass is 307 g/mol. The van der Waals surface area contributed by atoms with Crippen molar-refractivity contribution in [1.82, 2.24) is 5.32 Å². The second kappa shape index (κ2) is 7.82. The van der Waals surface area contributed by atoms with Crippen LogP contribution in [0.25, 0.3) is 0 Å². The molecule has 1 amide bonds. The fraction of sp³-hybridized carbons (Fsp3) is 0.529. The van der Waals surface area contributed by atoms with Crippen LogP contribution in [0.3, 0.4) is 0 Å². The molecule has 0 aromatic heterocycles. The molecule has 0 radical (unpaired) electrons. The van der Waals surface area contributed by atoms with E-state index in [1.807, 2.05) is 32.0 Å². The Hall–Kier alpha value is -2.04. The number of nitrogens with one attached hydrogen (secondary N) is 1. The maximum atomic E-state index is 11.7. The van der Waals surface area contributed by atoms with E-state index in [9.17, 15) is 9.59 Å². The van der Waals surface area contributed by atoms with Gasteiger partial charge >= 0.3 is 5.97 Å². The Kier molecular flexibility index (Phi) is 6.40. The first kappa shape index (κ1) is 18.0. The van der Waals surface area contributed by atoms with Crippen molar-refractivity contribution in [3.63, 3.8) is 0 Å². The number of carboxylic acids is 1. The van der Waals surface area contributed by atoms with E-state index in [1.54, 1.807) is 13.8 Å². The number of ether oxygens (including phenoxy) is 1. The summed E-state index contributed by atoms with van der Waals surface area (Å²) in [4.78, 5) is 22.6. The number of aryl methyl sites for hydroxylation is 2. The van der Waals surface area contributed by atoms with E-state index in [2.05, 4.69) is 5.32 Å². The van der Waals surface area contributed by atoms with Gasteiger partial charge in [0.25, 0.3) is 0 Å². The predicted molar refractivity (Wildman–Crippen MR) is 85.1 cm³/mol. The number of benzene rings is 1. The predicted octanol–water partition coefficient (Wildman–Crippen LogP) is 2.69. The van der Waals surface area contributed by atoms with Crippen LogP contribution in [-0.4, -0.2) is 30.1 Å². The second-order valence-electron chi connectivity index (χ2n) is 6.16. The summed E-state index contributed by atoms with van der Waals surface area (Å²) in [6, 6.07) is 5.90. The molecule has 0 aliphatic rings. The summed E-state index contributed by atoms with van der Waals surface area (Å²) in [6.07, 6.45) is 0.646. The molecule has 0 saturated heterocycles. The average molecular weight is 307 g/mol. The van der Waals surface area contributed by atoms with Gasteiger partial charge in [-0.1, -0.05) is 17.7 Å². The molecule has 5 nitrogen and oxygen atoms in total. The van der Waals surface area contributed by atoms with Gasteiger partial charge in [-0.05, 0) is 45.7 Å². The molecule has 0 unspecified atom stereocenters. The third-order valence-electron chi connectivity index (χ3n) is 3.57. The van der Waals surface area contributed by atoms with Gasteiger partial charge in [-0.15, -0.1) is 0 Å². The molecule has 0 atom stereocenters. The smallest absolute Gasteiger partial charge is 0.309 e. The molecule has 2 N–H and O–H groups in total. The summed E-state index contributed by atoms with van der Waals surface area (Å²) in [6.45, 7) is 7.93. The molecular formula is C17H25NO4. The highest BCUT2D eigenvalue weighted by molar-refractivity contribution is 5.76. The molecule has 0 aliphatic heterocycles. The lowest BCUT2D eigenvalue weighted by Crippen LogP contribution is -2.32. The van der Waals surface area contributed by atoms with Gasteiger partial charge < -0.3 is 15.2 Å². The van der Waals surface area contributed by atoms with Crippen LogP contribution < -0.4 is 10.1 Å². The van der Waals surface area contributed by atoms with Crippen molar-refractivity contribution in [1.29, 1.82) is 0 Å². The lowest BCUT2D eigenvalue weighted by atomic mass is 9.90. The van der Waals surface area contributed by atoms with E-state index in [0.29, 0.717) is 19.6 Å². The molecule has 1 aromatic rings. The average Bonchev–Trinajstić information content (AvgIpc) is 2.41. The maximum Gasteiger partial charge on any atom is 0.309 e. The molecule has 22 heavy (non-hydrogen) atoms. The highest BCUT2D eigenvalue weighted by Gasteiger charge is 2.26. The van der Waals surface area contributed by atoms with Crippen LogP contribution in [0.15, 0.2) is 18.2 Å². The van der Waals surface area contributed by atoms with Crippen molar-refractivity contribution in [2.75, 3.05) is 13.2 Å². The Balaban J connectivity index is 2.28. The number of hydrogen-bond donors (Lipinski definition) is 2. The topological polar surface area (TPSA) is 75.6 Å². The van der Waals surface area contributed by atoms with E-state index in [4.69, 9.17) is 9.84 Å². The summed E-state index contributed by atoms with van der Waals surface area (Å²) in [5.41, 5.74) is 1.38. The Morgan fingerprint density at radius 1 is 1.27 bits per heavy atom. The summed E-state index contributed by atoms with van der Waals surface area (Å²) < 4.78 is 5.59. The van der Waals surface area contributed by atoms with Crippen LogP contribution in [0.2, 0.25) is 0 Å². The molecule has 0 saturated carbocycles. The van der Waals surface area contributed by atoms with E-state index >= 15 is 0 Å². The Bertz CT molecular complexity index is 537. The molecule has 122 valence electrons. The number of carbonyl (C=O) groups is 2. The number of aliphatic carboxylic acids is 1. The van der Waals surface area contributed by atoms with Gasteiger partial charge in [0.05, 0.1) is 18.4 Å². The number of hydrogen-bond acceptors (Lipinski definition) is 3. The fourth-order valence-corrected chi connectivity index (χ4v) is 1.92. The molecule has 0 heterocycles. The number of amides is 1. The van der Waals surface area contributed by atoms with Gasteiger partial charge in [-0.25, -0.2) is 0 Å². The standard InChI is InChI=1S/C17H25NO4/c1-12-5-6-14(13(2)11-12)22-10-7-15(19)18-9-8-17(3,4)16(20)21/h5-6,11H,7-10H2,1-4H3,(H,18,19)(H,20,21). The van der Waals surface area contributed by atoms with Crippen molar-refractivity contribution < 1.29 is 19.4 Å². The molecule has 1 rings (SSSR count). The zero-order valence-corrected chi connectivity index (χ0v) is 13.7. The maximum absolute atomic E-state index is 11.7. The minimum atomic E-state index is -0.861. The highest BCUT2D eigenvalue weighted by atomic mass is 16.5. The quantitative estimate of drug-likeness (QED) is 0.774. The van der Waals surface area contributed by atoms with Crippen molar-refractivity contribution >= 4 is 11.9 Å². The van der Waals surface area contributed by atoms with Gasteiger partial charge in [-0.2, -0.15) is 0 Å². The molecule has 0 aliphatic carbocycles. The van der Waals surface area contributed by atoms with Crippen molar-refractivity contribution in [3.8, 4) is 5.75 Å². The molecule has 5 heteroatoms. The zero-order chi connectivity index (χ0) is 16.8. The first-order valence-electron chi connectivity index (χ1n) is 7.42. The van der Waals surface area contributed by atoms with Gasteiger partial charge in [0.1, 0.15) is 5.75 Å². The van der Waals surface area contributed by atoms with Crippen molar-refractivity contribution in [2.24, 2.45) is 5.41 Å². The van der Waals surface area contributed by atoms with Crippen LogP contribution >= 0.6 is 0 Å². The van der Waals surface area contributed by atoms with E-state index in [0.717, 1.165) is 11.3 Å². The van der Waals surface area contributed by atoms with E-state index in [-0.39, 0.29) is 12.3 Å². The van der Waals surface area contributed by atoms with Gasteiger partial charge in [0.15, 0.2) is 0 Å². The van der Waals surface area contributed by atoms with Crippen molar-refractivity contribution in [2.45, 2.75) is 40.5 Å². The van der Waals surface area contributed by atoms with Crippen LogP contribution in [0.1, 0.15) is 37.8 Å². The van der Waals surface area contributed by atoms with Crippen LogP contribution in [-0.2, 0) is 9.59 Å². The highest BCUT2D eigenvalue weighted by Crippen LogP contribution is 2.20. The minimum absolute atomic E-state index is 0.133. The van der Waals surface area contributed by atoms with Crippen LogP contribution in [0, 0.1) is 19.3 Å². The molecule has 0 bridgehead atoms. The first-order chi connectivity index (χ1) is 10.2. The molecule has 0 fully saturated rings. The lowest BCUT2D eigenvalue weighted by Gasteiger charge is -2.18. The van der Waals surface area contributed by atoms with Gasteiger partial charge in [0.2, 0.25) is 5.91 Å². The summed E-state index contributed by atoms with van der Waals surface area (Å²) in [5, 5.41) is 11.7. The normalized spacial score (nSPS) is 11.1. The second-order valence-corrected chi connectivity index (χ2v) is 6.16. The Morgan fingerprint density at radius 3 is 2.55 bits per heavy atom. The third-order valence-corrected chi connectivity index (χ3v) is 3.57. The summed E-state index contributed by atoms with van der Waals surface area (Å²) in [5.74, 6) is -0.212. The van der Waals surface area contributed by atoms with Crippen LogP contribution in [0.4, 0.5) is 0 Å². The molecular weight excluding hydrogens is 282 g/mol. The number of carboxylic acid groups (broad SMARTS) is 1. The lowest BCUT2D eigenvalue weighted by molar-refractivity contribution is -0.147. The van der Waals surface area contributed by atoms with Gasteiger partial charge in [-0.3, -0.25) is 9.59 Å².